The lowest BCUT2D eigenvalue weighted by Gasteiger charge is -1.90. The predicted molar refractivity (Wildman–Crippen MR) is 45.8 cm³/mol. The van der Waals surface area contributed by atoms with Crippen LogP contribution in [0.25, 0.3) is 10.9 Å². The number of halogens is 1. The van der Waals surface area contributed by atoms with E-state index < -0.39 is 0 Å². The standard InChI is InChI=1S/C8H7ClN2/c1-5-3-10-7-2-8(9)11-4-6(5)7/h2-4,10H,1H3. The molecule has 0 unspecified atom stereocenters. The van der Waals surface area contributed by atoms with Crippen LogP contribution in [0, 0.1) is 6.92 Å². The number of H-pyrrole nitrogens is 1. The monoisotopic (exact) mass is 166 g/mol. The summed E-state index contributed by atoms with van der Waals surface area (Å²) in [4.78, 5) is 7.09. The van der Waals surface area contributed by atoms with Gasteiger partial charge in [0.25, 0.3) is 0 Å². The lowest BCUT2D eigenvalue weighted by Crippen LogP contribution is -1.74. The van der Waals surface area contributed by atoms with E-state index in [2.05, 4.69) is 9.97 Å². The van der Waals surface area contributed by atoms with Gasteiger partial charge in [0.2, 0.25) is 0 Å². The van der Waals surface area contributed by atoms with Crippen molar-refractivity contribution in [3.8, 4) is 0 Å². The molecular formula is C8H7ClN2. The average Bonchev–Trinajstić information content (AvgIpc) is 2.32. The summed E-state index contributed by atoms with van der Waals surface area (Å²) in [6, 6.07) is 1.82. The number of aryl methyl sites for hydroxylation is 1. The second-order valence-corrected chi connectivity index (χ2v) is 2.91. The predicted octanol–water partition coefficient (Wildman–Crippen LogP) is 2.52. The van der Waals surface area contributed by atoms with E-state index in [0.29, 0.717) is 5.15 Å². The Morgan fingerprint density at radius 1 is 1.55 bits per heavy atom. The molecule has 0 atom stereocenters. The van der Waals surface area contributed by atoms with Crippen molar-refractivity contribution >= 4 is 22.5 Å². The summed E-state index contributed by atoms with van der Waals surface area (Å²) in [5, 5.41) is 1.66. The smallest absolute Gasteiger partial charge is 0.131 e. The maximum Gasteiger partial charge on any atom is 0.131 e. The van der Waals surface area contributed by atoms with Crippen LogP contribution in [0.4, 0.5) is 0 Å². The Bertz CT molecular complexity index is 392. The number of pyridine rings is 1. The van der Waals surface area contributed by atoms with Gasteiger partial charge in [-0.2, -0.15) is 0 Å². The Morgan fingerprint density at radius 3 is 3.18 bits per heavy atom. The van der Waals surface area contributed by atoms with Gasteiger partial charge in [-0.1, -0.05) is 11.6 Å². The van der Waals surface area contributed by atoms with Gasteiger partial charge in [-0.05, 0) is 18.6 Å². The topological polar surface area (TPSA) is 28.7 Å². The highest BCUT2D eigenvalue weighted by Crippen LogP contribution is 2.18. The quantitative estimate of drug-likeness (QED) is 0.599. The molecule has 0 aliphatic rings. The average molecular weight is 167 g/mol. The second kappa shape index (κ2) is 2.24. The van der Waals surface area contributed by atoms with Crippen molar-refractivity contribution in [2.45, 2.75) is 6.92 Å². The first-order chi connectivity index (χ1) is 5.27. The Balaban J connectivity index is 2.86. The summed E-state index contributed by atoms with van der Waals surface area (Å²) in [6.45, 7) is 2.04. The molecular weight excluding hydrogens is 160 g/mol. The van der Waals surface area contributed by atoms with Gasteiger partial charge in [-0.25, -0.2) is 4.98 Å². The number of fused-ring (bicyclic) bond motifs is 1. The molecule has 0 spiro atoms. The van der Waals surface area contributed by atoms with E-state index >= 15 is 0 Å². The normalized spacial score (nSPS) is 10.7. The summed E-state index contributed by atoms with van der Waals surface area (Å²) in [7, 11) is 0. The number of nitrogens with zero attached hydrogens (tertiary/aromatic N) is 1. The van der Waals surface area contributed by atoms with Gasteiger partial charge in [0.1, 0.15) is 5.15 Å². The minimum atomic E-state index is 0.527. The summed E-state index contributed by atoms with van der Waals surface area (Å²) in [6.07, 6.45) is 3.73. The van der Waals surface area contributed by atoms with Crippen LogP contribution in [0.5, 0.6) is 0 Å². The van der Waals surface area contributed by atoms with Gasteiger partial charge in [0.05, 0.1) is 5.52 Å². The zero-order valence-electron chi connectivity index (χ0n) is 6.06. The number of aromatic nitrogens is 2. The Kier molecular flexibility index (Phi) is 1.36. The number of aromatic amines is 1. The molecule has 2 aromatic rings. The van der Waals surface area contributed by atoms with Crippen LogP contribution in [-0.4, -0.2) is 9.97 Å². The largest absolute Gasteiger partial charge is 0.361 e. The molecule has 0 saturated carbocycles. The molecule has 3 heteroatoms. The molecule has 0 radical (unpaired) electrons. The first kappa shape index (κ1) is 6.68. The van der Waals surface area contributed by atoms with Crippen LogP contribution >= 0.6 is 11.6 Å². The molecule has 2 nitrogen and oxygen atoms in total. The third-order valence-corrected chi connectivity index (χ3v) is 1.95. The highest BCUT2D eigenvalue weighted by atomic mass is 35.5. The fraction of sp³-hybridized carbons (Fsp3) is 0.125. The van der Waals surface area contributed by atoms with E-state index in [0.717, 1.165) is 10.9 Å². The first-order valence-electron chi connectivity index (χ1n) is 3.36. The third kappa shape index (κ3) is 0.994. The summed E-state index contributed by atoms with van der Waals surface area (Å²) >= 11 is 5.70. The summed E-state index contributed by atoms with van der Waals surface area (Å²) in [5.74, 6) is 0. The molecule has 1 N–H and O–H groups in total. The van der Waals surface area contributed by atoms with E-state index in [1.165, 1.54) is 5.56 Å². The molecule has 0 fully saturated rings. The van der Waals surface area contributed by atoms with Crippen LogP contribution in [0.2, 0.25) is 5.15 Å². The molecule has 2 heterocycles. The van der Waals surface area contributed by atoms with E-state index in [4.69, 9.17) is 11.6 Å². The fourth-order valence-corrected chi connectivity index (χ4v) is 1.29. The van der Waals surface area contributed by atoms with Crippen LogP contribution < -0.4 is 0 Å². The first-order valence-corrected chi connectivity index (χ1v) is 3.74. The Morgan fingerprint density at radius 2 is 2.36 bits per heavy atom. The van der Waals surface area contributed by atoms with Gasteiger partial charge in [0.15, 0.2) is 0 Å². The van der Waals surface area contributed by atoms with Crippen molar-refractivity contribution in [2.75, 3.05) is 0 Å². The molecule has 11 heavy (non-hydrogen) atoms. The van der Waals surface area contributed by atoms with Crippen molar-refractivity contribution < 1.29 is 0 Å². The van der Waals surface area contributed by atoms with Crippen molar-refractivity contribution in [3.63, 3.8) is 0 Å². The number of nitrogens with one attached hydrogen (secondary N) is 1. The lowest BCUT2D eigenvalue weighted by molar-refractivity contribution is 1.35. The van der Waals surface area contributed by atoms with Crippen LogP contribution in [0.15, 0.2) is 18.5 Å². The molecule has 0 amide bonds. The number of hydrogen-bond donors (Lipinski definition) is 1. The van der Waals surface area contributed by atoms with Crippen molar-refractivity contribution in [1.82, 2.24) is 9.97 Å². The molecule has 2 aromatic heterocycles. The maximum absolute atomic E-state index is 5.70. The molecule has 0 aliphatic heterocycles. The molecule has 0 saturated heterocycles. The minimum absolute atomic E-state index is 0.527. The van der Waals surface area contributed by atoms with E-state index in [-0.39, 0.29) is 0 Å². The van der Waals surface area contributed by atoms with Gasteiger partial charge in [-0.3, -0.25) is 0 Å². The van der Waals surface area contributed by atoms with Crippen LogP contribution in [0.3, 0.4) is 0 Å². The van der Waals surface area contributed by atoms with Gasteiger partial charge in [0, 0.05) is 17.8 Å². The van der Waals surface area contributed by atoms with Gasteiger partial charge >= 0.3 is 0 Å². The Hall–Kier alpha value is -1.02. The lowest BCUT2D eigenvalue weighted by atomic mass is 10.2. The molecule has 0 aromatic carbocycles. The zero-order chi connectivity index (χ0) is 7.84. The third-order valence-electron chi connectivity index (χ3n) is 1.74. The molecule has 2 rings (SSSR count). The highest BCUT2D eigenvalue weighted by Gasteiger charge is 1.99. The van der Waals surface area contributed by atoms with Crippen molar-refractivity contribution in [3.05, 3.63) is 29.2 Å². The summed E-state index contributed by atoms with van der Waals surface area (Å²) < 4.78 is 0. The SMILES string of the molecule is Cc1c[nH]c2cc(Cl)ncc12. The van der Waals surface area contributed by atoms with E-state index in [1.807, 2.05) is 19.2 Å². The second-order valence-electron chi connectivity index (χ2n) is 2.52. The zero-order valence-corrected chi connectivity index (χ0v) is 6.81. The molecule has 0 aliphatic carbocycles. The van der Waals surface area contributed by atoms with Crippen LogP contribution in [-0.2, 0) is 0 Å². The highest BCUT2D eigenvalue weighted by molar-refractivity contribution is 6.30. The van der Waals surface area contributed by atoms with Gasteiger partial charge < -0.3 is 4.98 Å². The summed E-state index contributed by atoms with van der Waals surface area (Å²) in [5.41, 5.74) is 2.24. The van der Waals surface area contributed by atoms with Crippen LogP contribution in [0.1, 0.15) is 5.56 Å². The van der Waals surface area contributed by atoms with Crippen molar-refractivity contribution in [1.29, 1.82) is 0 Å². The molecule has 0 bridgehead atoms. The molecule has 56 valence electrons. The van der Waals surface area contributed by atoms with E-state index in [1.54, 1.807) is 6.20 Å². The Labute approximate surface area is 69.2 Å². The van der Waals surface area contributed by atoms with Gasteiger partial charge in [-0.15, -0.1) is 0 Å². The number of rotatable bonds is 0. The van der Waals surface area contributed by atoms with Crippen molar-refractivity contribution in [2.24, 2.45) is 0 Å². The van der Waals surface area contributed by atoms with E-state index in [9.17, 15) is 0 Å². The number of hydrogen-bond acceptors (Lipinski definition) is 1. The maximum atomic E-state index is 5.70. The fourth-order valence-electron chi connectivity index (χ4n) is 1.13. The minimum Gasteiger partial charge on any atom is -0.361 e.